The van der Waals surface area contributed by atoms with Crippen LogP contribution in [0.25, 0.3) is 0 Å². The highest BCUT2D eigenvalue weighted by Crippen LogP contribution is 2.32. The van der Waals surface area contributed by atoms with E-state index in [1.54, 1.807) is 6.92 Å². The van der Waals surface area contributed by atoms with Crippen molar-refractivity contribution in [3.8, 4) is 11.8 Å². The van der Waals surface area contributed by atoms with Crippen LogP contribution < -0.4 is 0 Å². The second kappa shape index (κ2) is 4.76. The van der Waals surface area contributed by atoms with Gasteiger partial charge in [-0.05, 0) is 34.9 Å². The molecule has 1 aromatic rings. The minimum atomic E-state index is -0.213. The lowest BCUT2D eigenvalue weighted by Gasteiger charge is -2.26. The van der Waals surface area contributed by atoms with E-state index in [2.05, 4.69) is 32.6 Å². The van der Waals surface area contributed by atoms with Crippen LogP contribution in [0, 0.1) is 17.7 Å². The molecule has 0 bridgehead atoms. The number of hydrogen-bond acceptors (Lipinski definition) is 0. The molecule has 0 N–H and O–H groups in total. The van der Waals surface area contributed by atoms with Gasteiger partial charge in [0.2, 0.25) is 0 Å². The third-order valence-corrected chi connectivity index (χ3v) is 3.01. The fourth-order valence-electron chi connectivity index (χ4n) is 1.83. The van der Waals surface area contributed by atoms with E-state index in [1.807, 2.05) is 32.9 Å². The SMILES string of the molecule is CC#Cc1cc(C(C)(C)C)cc(C(C)(C)C)c1F. The lowest BCUT2D eigenvalue weighted by atomic mass is 9.79. The van der Waals surface area contributed by atoms with Gasteiger partial charge in [-0.3, -0.25) is 0 Å². The van der Waals surface area contributed by atoms with Crippen molar-refractivity contribution in [3.05, 3.63) is 34.6 Å². The third kappa shape index (κ3) is 3.13. The van der Waals surface area contributed by atoms with Crippen molar-refractivity contribution in [2.24, 2.45) is 0 Å². The van der Waals surface area contributed by atoms with Crippen LogP contribution in [0.1, 0.15) is 65.2 Å². The number of hydrogen-bond donors (Lipinski definition) is 0. The summed E-state index contributed by atoms with van der Waals surface area (Å²) in [7, 11) is 0. The number of rotatable bonds is 0. The Morgan fingerprint density at radius 3 is 1.89 bits per heavy atom. The van der Waals surface area contributed by atoms with Crippen LogP contribution in [0.2, 0.25) is 0 Å². The first-order valence-corrected chi connectivity index (χ1v) is 6.34. The topological polar surface area (TPSA) is 0 Å². The minimum absolute atomic E-state index is 0.00211. The maximum absolute atomic E-state index is 14.4. The molecule has 0 amide bonds. The largest absolute Gasteiger partial charge is 0.205 e. The lowest BCUT2D eigenvalue weighted by Crippen LogP contribution is -2.19. The molecule has 98 valence electrons. The van der Waals surface area contributed by atoms with E-state index in [4.69, 9.17) is 0 Å². The molecule has 0 saturated heterocycles. The summed E-state index contributed by atoms with van der Waals surface area (Å²) in [5.74, 6) is 5.49. The Kier molecular flexibility index (Phi) is 3.91. The zero-order valence-corrected chi connectivity index (χ0v) is 12.5. The highest BCUT2D eigenvalue weighted by molar-refractivity contribution is 5.46. The summed E-state index contributed by atoms with van der Waals surface area (Å²) in [6, 6.07) is 3.86. The summed E-state index contributed by atoms with van der Waals surface area (Å²) >= 11 is 0. The van der Waals surface area contributed by atoms with Crippen molar-refractivity contribution in [1.82, 2.24) is 0 Å². The molecule has 0 fully saturated rings. The second-order valence-corrected chi connectivity index (χ2v) is 6.76. The van der Waals surface area contributed by atoms with E-state index in [-0.39, 0.29) is 16.6 Å². The van der Waals surface area contributed by atoms with Gasteiger partial charge in [0.05, 0.1) is 5.56 Å². The fourth-order valence-corrected chi connectivity index (χ4v) is 1.83. The van der Waals surface area contributed by atoms with E-state index in [9.17, 15) is 4.39 Å². The first-order valence-electron chi connectivity index (χ1n) is 6.34. The molecular formula is C17H23F. The van der Waals surface area contributed by atoms with Crippen LogP contribution >= 0.6 is 0 Å². The van der Waals surface area contributed by atoms with Crippen LogP contribution in [0.5, 0.6) is 0 Å². The van der Waals surface area contributed by atoms with Crippen LogP contribution in [0.4, 0.5) is 4.39 Å². The van der Waals surface area contributed by atoms with Gasteiger partial charge in [-0.15, -0.1) is 5.92 Å². The number of halogens is 1. The zero-order valence-electron chi connectivity index (χ0n) is 12.5. The van der Waals surface area contributed by atoms with Crippen LogP contribution in [0.15, 0.2) is 12.1 Å². The Bertz CT molecular complexity index is 499. The van der Waals surface area contributed by atoms with Crippen LogP contribution in [-0.4, -0.2) is 0 Å². The predicted octanol–water partition coefficient (Wildman–Crippen LogP) is 4.79. The maximum Gasteiger partial charge on any atom is 0.142 e. The molecule has 0 atom stereocenters. The average molecular weight is 246 g/mol. The molecule has 1 rings (SSSR count). The van der Waals surface area contributed by atoms with E-state index in [0.29, 0.717) is 5.56 Å². The smallest absolute Gasteiger partial charge is 0.142 e. The highest BCUT2D eigenvalue weighted by atomic mass is 19.1. The van der Waals surface area contributed by atoms with E-state index < -0.39 is 0 Å². The monoisotopic (exact) mass is 246 g/mol. The number of benzene rings is 1. The fraction of sp³-hybridized carbons (Fsp3) is 0.529. The normalized spacial score (nSPS) is 12.0. The van der Waals surface area contributed by atoms with Crippen molar-refractivity contribution in [2.45, 2.75) is 59.3 Å². The van der Waals surface area contributed by atoms with Crippen molar-refractivity contribution >= 4 is 0 Å². The maximum atomic E-state index is 14.4. The quantitative estimate of drug-likeness (QED) is 0.577. The molecule has 0 radical (unpaired) electrons. The van der Waals surface area contributed by atoms with Gasteiger partial charge in [-0.25, -0.2) is 4.39 Å². The summed E-state index contributed by atoms with van der Waals surface area (Å²) < 4.78 is 14.4. The molecule has 0 nitrogen and oxygen atoms in total. The summed E-state index contributed by atoms with van der Waals surface area (Å²) in [6.07, 6.45) is 0. The van der Waals surface area contributed by atoms with Gasteiger partial charge in [0.1, 0.15) is 5.82 Å². The first-order chi connectivity index (χ1) is 8.07. The Hall–Kier alpha value is -1.29. The first kappa shape index (κ1) is 14.8. The van der Waals surface area contributed by atoms with Gasteiger partial charge >= 0.3 is 0 Å². The van der Waals surface area contributed by atoms with Crippen molar-refractivity contribution in [3.63, 3.8) is 0 Å². The molecule has 18 heavy (non-hydrogen) atoms. The molecule has 0 aliphatic heterocycles. The van der Waals surface area contributed by atoms with Crippen molar-refractivity contribution in [1.29, 1.82) is 0 Å². The van der Waals surface area contributed by atoms with E-state index in [1.165, 1.54) is 0 Å². The van der Waals surface area contributed by atoms with E-state index in [0.717, 1.165) is 11.1 Å². The van der Waals surface area contributed by atoms with Crippen LogP contribution in [-0.2, 0) is 10.8 Å². The Morgan fingerprint density at radius 1 is 0.944 bits per heavy atom. The van der Waals surface area contributed by atoms with E-state index >= 15 is 0 Å². The Morgan fingerprint density at radius 2 is 1.50 bits per heavy atom. The second-order valence-electron chi connectivity index (χ2n) is 6.76. The molecular weight excluding hydrogens is 223 g/mol. The summed E-state index contributed by atoms with van der Waals surface area (Å²) in [5.41, 5.74) is 2.17. The molecule has 1 heteroatoms. The van der Waals surface area contributed by atoms with Crippen LogP contribution in [0.3, 0.4) is 0 Å². The lowest BCUT2D eigenvalue weighted by molar-refractivity contribution is 0.513. The van der Waals surface area contributed by atoms with Gasteiger partial charge in [0.15, 0.2) is 0 Å². The van der Waals surface area contributed by atoms with Gasteiger partial charge in [-0.1, -0.05) is 53.5 Å². The predicted molar refractivity (Wildman–Crippen MR) is 76.4 cm³/mol. The average Bonchev–Trinajstić information content (AvgIpc) is 2.17. The molecule has 0 unspecified atom stereocenters. The van der Waals surface area contributed by atoms with Gasteiger partial charge in [0, 0.05) is 0 Å². The van der Waals surface area contributed by atoms with Crippen molar-refractivity contribution in [2.75, 3.05) is 0 Å². The molecule has 0 heterocycles. The van der Waals surface area contributed by atoms with Gasteiger partial charge in [-0.2, -0.15) is 0 Å². The van der Waals surface area contributed by atoms with Crippen molar-refractivity contribution < 1.29 is 4.39 Å². The van der Waals surface area contributed by atoms with Gasteiger partial charge < -0.3 is 0 Å². The third-order valence-electron chi connectivity index (χ3n) is 3.01. The highest BCUT2D eigenvalue weighted by Gasteiger charge is 2.24. The molecule has 0 saturated carbocycles. The molecule has 0 aliphatic carbocycles. The Labute approximate surface area is 111 Å². The minimum Gasteiger partial charge on any atom is -0.205 e. The zero-order chi connectivity index (χ0) is 14.1. The molecule has 0 aromatic heterocycles. The van der Waals surface area contributed by atoms with Gasteiger partial charge in [0.25, 0.3) is 0 Å². The standard InChI is InChI=1S/C17H23F/c1-8-9-12-10-13(16(2,3)4)11-14(15(12)18)17(5,6)7/h10-11H,1-7H3. The molecule has 0 spiro atoms. The summed E-state index contributed by atoms with van der Waals surface area (Å²) in [6.45, 7) is 14.2. The Balaban J connectivity index is 3.61. The molecule has 0 aliphatic rings. The summed E-state index contributed by atoms with van der Waals surface area (Å²) in [5, 5.41) is 0. The molecule has 1 aromatic carbocycles. The summed E-state index contributed by atoms with van der Waals surface area (Å²) in [4.78, 5) is 0.